The molecule has 0 aliphatic heterocycles. The van der Waals surface area contributed by atoms with Crippen LogP contribution in [0.5, 0.6) is 0 Å². The molecule has 1 N–H and O–H groups in total. The second kappa shape index (κ2) is 5.53. The molecule has 4 heteroatoms. The van der Waals surface area contributed by atoms with Crippen molar-refractivity contribution in [1.82, 2.24) is 5.32 Å². The van der Waals surface area contributed by atoms with Crippen molar-refractivity contribution in [3.05, 3.63) is 34.3 Å². The molecule has 0 radical (unpaired) electrons. The molecule has 0 bridgehead atoms. The third-order valence-corrected chi connectivity index (χ3v) is 2.47. The number of nitriles is 1. The van der Waals surface area contributed by atoms with Gasteiger partial charge >= 0.3 is 0 Å². The fraction of sp³-hybridized carbons (Fsp3) is 0.333. The summed E-state index contributed by atoms with van der Waals surface area (Å²) in [5.74, 6) is -0.0452. The first-order valence-corrected chi connectivity index (χ1v) is 5.38. The van der Waals surface area contributed by atoms with Gasteiger partial charge in [-0.25, -0.2) is 0 Å². The highest BCUT2D eigenvalue weighted by molar-refractivity contribution is 6.31. The monoisotopic (exact) mass is 236 g/mol. The molecule has 0 aromatic heterocycles. The van der Waals surface area contributed by atoms with E-state index in [-0.39, 0.29) is 11.8 Å². The van der Waals surface area contributed by atoms with E-state index in [0.717, 1.165) is 5.56 Å². The second-order valence-electron chi connectivity index (χ2n) is 3.80. The van der Waals surface area contributed by atoms with E-state index in [1.165, 1.54) is 0 Å². The third kappa shape index (κ3) is 3.25. The lowest BCUT2D eigenvalue weighted by Crippen LogP contribution is -2.27. The Bertz CT molecular complexity index is 435. The number of benzene rings is 1. The normalized spacial score (nSPS) is 9.94. The Morgan fingerprint density at radius 3 is 2.81 bits per heavy atom. The molecular formula is C12H13ClN2O. The summed E-state index contributed by atoms with van der Waals surface area (Å²) in [6, 6.07) is 7.14. The summed E-state index contributed by atoms with van der Waals surface area (Å²) in [7, 11) is 0. The zero-order valence-electron chi connectivity index (χ0n) is 9.25. The number of amides is 1. The van der Waals surface area contributed by atoms with Crippen molar-refractivity contribution >= 4 is 17.5 Å². The molecule has 0 atom stereocenters. The van der Waals surface area contributed by atoms with Gasteiger partial charge in [0.15, 0.2) is 0 Å². The molecule has 16 heavy (non-hydrogen) atoms. The maximum Gasteiger partial charge on any atom is 0.222 e. The molecule has 0 spiro atoms. The molecule has 1 aromatic rings. The Hall–Kier alpha value is -1.53. The van der Waals surface area contributed by atoms with E-state index >= 15 is 0 Å². The molecule has 0 fully saturated rings. The molecule has 3 nitrogen and oxygen atoms in total. The lowest BCUT2D eigenvalue weighted by molar-refractivity contribution is -0.124. The Balaban J connectivity index is 2.69. The highest BCUT2D eigenvalue weighted by Crippen LogP contribution is 2.16. The fourth-order valence-corrected chi connectivity index (χ4v) is 1.32. The summed E-state index contributed by atoms with van der Waals surface area (Å²) in [5.41, 5.74) is 1.30. The zero-order valence-corrected chi connectivity index (χ0v) is 10.0. The van der Waals surface area contributed by atoms with E-state index in [2.05, 4.69) is 5.32 Å². The fourth-order valence-electron chi connectivity index (χ4n) is 1.16. The topological polar surface area (TPSA) is 52.9 Å². The number of carbonyl (C=O) groups is 1. The van der Waals surface area contributed by atoms with Crippen molar-refractivity contribution in [2.24, 2.45) is 5.92 Å². The number of rotatable bonds is 3. The van der Waals surface area contributed by atoms with Gasteiger partial charge in [0, 0.05) is 12.5 Å². The smallest absolute Gasteiger partial charge is 0.222 e. The molecule has 84 valence electrons. The van der Waals surface area contributed by atoms with Crippen LogP contribution in [0.25, 0.3) is 0 Å². The Morgan fingerprint density at radius 1 is 1.56 bits per heavy atom. The molecule has 1 rings (SSSR count). The highest BCUT2D eigenvalue weighted by atomic mass is 35.5. The summed E-state index contributed by atoms with van der Waals surface area (Å²) < 4.78 is 0. The van der Waals surface area contributed by atoms with E-state index in [9.17, 15) is 4.79 Å². The average molecular weight is 237 g/mol. The lowest BCUT2D eigenvalue weighted by Gasteiger charge is -2.08. The maximum absolute atomic E-state index is 11.3. The zero-order chi connectivity index (χ0) is 12.1. The van der Waals surface area contributed by atoms with Crippen molar-refractivity contribution in [2.45, 2.75) is 20.4 Å². The summed E-state index contributed by atoms with van der Waals surface area (Å²) in [4.78, 5) is 11.3. The van der Waals surface area contributed by atoms with Gasteiger partial charge < -0.3 is 5.32 Å². The van der Waals surface area contributed by atoms with Crippen LogP contribution < -0.4 is 5.32 Å². The average Bonchev–Trinajstić information content (AvgIpc) is 2.27. The molecule has 0 saturated heterocycles. The van der Waals surface area contributed by atoms with Gasteiger partial charge in [0.2, 0.25) is 5.91 Å². The van der Waals surface area contributed by atoms with E-state index < -0.39 is 0 Å². The number of nitrogens with zero attached hydrogens (tertiary/aromatic N) is 1. The van der Waals surface area contributed by atoms with Gasteiger partial charge in [-0.3, -0.25) is 4.79 Å². The first-order chi connectivity index (χ1) is 7.54. The van der Waals surface area contributed by atoms with Crippen LogP contribution in [0.2, 0.25) is 5.02 Å². The van der Waals surface area contributed by atoms with Crippen LogP contribution in [0.15, 0.2) is 18.2 Å². The number of carbonyl (C=O) groups excluding carboxylic acids is 1. The minimum atomic E-state index is -0.0391. The van der Waals surface area contributed by atoms with Gasteiger partial charge in [0.1, 0.15) is 6.07 Å². The molecule has 1 aromatic carbocycles. The Kier molecular flexibility index (Phi) is 4.33. The molecule has 0 heterocycles. The largest absolute Gasteiger partial charge is 0.352 e. The molecule has 0 aliphatic rings. The van der Waals surface area contributed by atoms with Gasteiger partial charge in [-0.1, -0.05) is 31.5 Å². The minimum Gasteiger partial charge on any atom is -0.352 e. The first kappa shape index (κ1) is 12.5. The Labute approximate surface area is 100 Å². The summed E-state index contributed by atoms with van der Waals surface area (Å²) in [5, 5.41) is 12.0. The van der Waals surface area contributed by atoms with Crippen molar-refractivity contribution < 1.29 is 4.79 Å². The van der Waals surface area contributed by atoms with E-state index in [0.29, 0.717) is 17.1 Å². The molecule has 0 saturated carbocycles. The predicted molar refractivity (Wildman–Crippen MR) is 62.9 cm³/mol. The van der Waals surface area contributed by atoms with Gasteiger partial charge in [-0.05, 0) is 17.7 Å². The van der Waals surface area contributed by atoms with Crippen molar-refractivity contribution in [1.29, 1.82) is 5.26 Å². The summed E-state index contributed by atoms with van der Waals surface area (Å²) in [6.45, 7) is 4.08. The van der Waals surface area contributed by atoms with Crippen LogP contribution in [-0.4, -0.2) is 5.91 Å². The molecule has 1 amide bonds. The van der Waals surface area contributed by atoms with E-state index in [4.69, 9.17) is 16.9 Å². The molecular weight excluding hydrogens is 224 g/mol. The number of hydrogen-bond acceptors (Lipinski definition) is 2. The second-order valence-corrected chi connectivity index (χ2v) is 4.21. The van der Waals surface area contributed by atoms with Crippen LogP contribution in [0.1, 0.15) is 25.0 Å². The van der Waals surface area contributed by atoms with Gasteiger partial charge in [0.25, 0.3) is 0 Å². The van der Waals surface area contributed by atoms with Gasteiger partial charge in [-0.2, -0.15) is 5.26 Å². The van der Waals surface area contributed by atoms with Crippen LogP contribution in [-0.2, 0) is 11.3 Å². The quantitative estimate of drug-likeness (QED) is 0.877. The standard InChI is InChI=1S/C12H13ClN2O/c1-8(2)12(16)15-7-9-3-4-11(13)10(5-9)6-14/h3-5,8H,7H2,1-2H3,(H,15,16). The summed E-state index contributed by atoms with van der Waals surface area (Å²) >= 11 is 5.80. The first-order valence-electron chi connectivity index (χ1n) is 5.01. The number of nitrogens with one attached hydrogen (secondary N) is 1. The lowest BCUT2D eigenvalue weighted by atomic mass is 10.1. The molecule has 0 aliphatic carbocycles. The van der Waals surface area contributed by atoms with Crippen LogP contribution in [0, 0.1) is 17.2 Å². The van der Waals surface area contributed by atoms with Crippen molar-refractivity contribution in [3.63, 3.8) is 0 Å². The molecule has 0 unspecified atom stereocenters. The number of hydrogen-bond donors (Lipinski definition) is 1. The van der Waals surface area contributed by atoms with E-state index in [1.807, 2.05) is 19.9 Å². The van der Waals surface area contributed by atoms with E-state index in [1.54, 1.807) is 18.2 Å². The number of halogens is 1. The van der Waals surface area contributed by atoms with Crippen LogP contribution in [0.3, 0.4) is 0 Å². The summed E-state index contributed by atoms with van der Waals surface area (Å²) in [6.07, 6.45) is 0. The Morgan fingerprint density at radius 2 is 2.25 bits per heavy atom. The predicted octanol–water partition coefficient (Wildman–Crippen LogP) is 2.48. The highest BCUT2D eigenvalue weighted by Gasteiger charge is 2.06. The van der Waals surface area contributed by atoms with Crippen LogP contribution in [0.4, 0.5) is 0 Å². The SMILES string of the molecule is CC(C)C(=O)NCc1ccc(Cl)c(C#N)c1. The van der Waals surface area contributed by atoms with Gasteiger partial charge in [-0.15, -0.1) is 0 Å². The third-order valence-electron chi connectivity index (χ3n) is 2.14. The minimum absolute atomic E-state index is 0.00606. The van der Waals surface area contributed by atoms with Gasteiger partial charge in [0.05, 0.1) is 10.6 Å². The van der Waals surface area contributed by atoms with Crippen LogP contribution >= 0.6 is 11.6 Å². The van der Waals surface area contributed by atoms with Crippen molar-refractivity contribution in [3.8, 4) is 6.07 Å². The van der Waals surface area contributed by atoms with Crippen molar-refractivity contribution in [2.75, 3.05) is 0 Å². The maximum atomic E-state index is 11.3.